The minimum Gasteiger partial charge on any atom is -0.461 e. The van der Waals surface area contributed by atoms with E-state index in [1.54, 1.807) is 0 Å². The fraction of sp³-hybridized carbons (Fsp3) is 0.263. The molecule has 0 spiro atoms. The van der Waals surface area contributed by atoms with Crippen LogP contribution in [-0.2, 0) is 9.53 Å². The number of hydrogen-bond donors (Lipinski definition) is 0. The Bertz CT molecular complexity index is 913. The van der Waals surface area contributed by atoms with E-state index in [9.17, 15) is 34.2 Å². The molecule has 0 unspecified atom stereocenters. The molecule has 0 bridgehead atoms. The number of Topliss-reactive ketones (excluding diaryl/α,β-unsaturated/α-hetero) is 1. The van der Waals surface area contributed by atoms with Crippen molar-refractivity contribution in [2.24, 2.45) is 0 Å². The first-order valence-electron chi connectivity index (χ1n) is 8.57. The largest absolute Gasteiger partial charge is 0.461 e. The first-order valence-corrected chi connectivity index (χ1v) is 8.57. The van der Waals surface area contributed by atoms with E-state index < -0.39 is 45.8 Å². The van der Waals surface area contributed by atoms with Crippen LogP contribution in [-0.4, -0.2) is 34.2 Å². The number of ketones is 1. The minimum atomic E-state index is -1.87. The van der Waals surface area contributed by atoms with E-state index in [1.165, 1.54) is 31.2 Å². The molecule has 0 aliphatic carbocycles. The van der Waals surface area contributed by atoms with E-state index in [2.05, 4.69) is 0 Å². The number of halogens is 1. The molecule has 2 aromatic rings. The summed E-state index contributed by atoms with van der Waals surface area (Å²) < 4.78 is 18.1. The van der Waals surface area contributed by atoms with E-state index in [-0.39, 0.29) is 23.4 Å². The minimum absolute atomic E-state index is 0.0877. The molecular weight excluding hydrogens is 387 g/mol. The van der Waals surface area contributed by atoms with Crippen LogP contribution in [0.3, 0.4) is 0 Å². The SMILES string of the molecule is CCOC(=O)[C@@H]([C@@H](CC(=O)c1ccc([N+](=O)[O-])cc1)c1ccc(F)cc1)[N+](=O)[O-]. The first kappa shape index (κ1) is 21.6. The summed E-state index contributed by atoms with van der Waals surface area (Å²) in [7, 11) is 0. The molecule has 152 valence electrons. The number of nitro groups is 2. The average molecular weight is 404 g/mol. The number of nitrogens with zero attached hydrogens (tertiary/aromatic N) is 2. The Labute approximate surface area is 164 Å². The second kappa shape index (κ2) is 9.49. The van der Waals surface area contributed by atoms with Crippen molar-refractivity contribution in [1.82, 2.24) is 0 Å². The van der Waals surface area contributed by atoms with Gasteiger partial charge in [-0.05, 0) is 36.8 Å². The summed E-state index contributed by atoms with van der Waals surface area (Å²) in [4.78, 5) is 45.7. The normalized spacial score (nSPS) is 12.6. The van der Waals surface area contributed by atoms with Gasteiger partial charge in [-0.15, -0.1) is 0 Å². The van der Waals surface area contributed by atoms with Gasteiger partial charge in [-0.25, -0.2) is 9.18 Å². The maximum absolute atomic E-state index is 13.3. The maximum Gasteiger partial charge on any atom is 0.382 e. The van der Waals surface area contributed by atoms with Crippen LogP contribution in [0, 0.1) is 26.0 Å². The lowest BCUT2D eigenvalue weighted by Gasteiger charge is -2.20. The topological polar surface area (TPSA) is 130 Å². The molecule has 0 aliphatic rings. The van der Waals surface area contributed by atoms with Crippen LogP contribution in [0.15, 0.2) is 48.5 Å². The average Bonchev–Trinajstić information content (AvgIpc) is 2.68. The number of nitro benzene ring substituents is 1. The fourth-order valence-corrected chi connectivity index (χ4v) is 2.83. The van der Waals surface area contributed by atoms with Gasteiger partial charge in [0.05, 0.1) is 17.4 Å². The summed E-state index contributed by atoms with van der Waals surface area (Å²) in [6, 6.07) is 7.52. The molecule has 0 fully saturated rings. The molecule has 0 radical (unpaired) electrons. The molecule has 10 heteroatoms. The molecule has 29 heavy (non-hydrogen) atoms. The number of esters is 1. The Morgan fingerprint density at radius 1 is 1.03 bits per heavy atom. The van der Waals surface area contributed by atoms with Crippen LogP contribution < -0.4 is 0 Å². The quantitative estimate of drug-likeness (QED) is 0.271. The van der Waals surface area contributed by atoms with Crippen LogP contribution in [0.25, 0.3) is 0 Å². The third-order valence-electron chi connectivity index (χ3n) is 4.24. The van der Waals surface area contributed by atoms with Crippen molar-refractivity contribution >= 4 is 17.4 Å². The molecule has 0 saturated heterocycles. The van der Waals surface area contributed by atoms with E-state index in [1.807, 2.05) is 0 Å². The van der Waals surface area contributed by atoms with Gasteiger partial charge in [0.1, 0.15) is 5.82 Å². The molecule has 9 nitrogen and oxygen atoms in total. The molecule has 0 N–H and O–H groups in total. The second-order valence-corrected chi connectivity index (χ2v) is 6.07. The molecule has 0 aromatic heterocycles. The third kappa shape index (κ3) is 5.41. The number of carbonyl (C=O) groups is 2. The molecule has 0 aliphatic heterocycles. The zero-order valence-corrected chi connectivity index (χ0v) is 15.3. The molecule has 0 heterocycles. The van der Waals surface area contributed by atoms with E-state index in [0.717, 1.165) is 24.3 Å². The highest BCUT2D eigenvalue weighted by Gasteiger charge is 2.42. The van der Waals surface area contributed by atoms with Crippen molar-refractivity contribution in [2.75, 3.05) is 6.61 Å². The van der Waals surface area contributed by atoms with Crippen molar-refractivity contribution in [3.63, 3.8) is 0 Å². The Hall–Kier alpha value is -3.69. The van der Waals surface area contributed by atoms with Gasteiger partial charge in [-0.1, -0.05) is 12.1 Å². The summed E-state index contributed by atoms with van der Waals surface area (Å²) >= 11 is 0. The van der Waals surface area contributed by atoms with Gasteiger partial charge in [0.25, 0.3) is 5.69 Å². The van der Waals surface area contributed by atoms with Crippen LogP contribution in [0.1, 0.15) is 35.2 Å². The van der Waals surface area contributed by atoms with E-state index >= 15 is 0 Å². The second-order valence-electron chi connectivity index (χ2n) is 6.07. The fourth-order valence-electron chi connectivity index (χ4n) is 2.83. The van der Waals surface area contributed by atoms with Crippen molar-refractivity contribution in [3.05, 3.63) is 85.7 Å². The van der Waals surface area contributed by atoms with Gasteiger partial charge in [0.15, 0.2) is 5.78 Å². The Morgan fingerprint density at radius 3 is 2.10 bits per heavy atom. The summed E-state index contributed by atoms with van der Waals surface area (Å²) in [5.74, 6) is -3.47. The molecule has 2 rings (SSSR count). The highest BCUT2D eigenvalue weighted by atomic mass is 19.1. The number of ether oxygens (including phenoxy) is 1. The van der Waals surface area contributed by atoms with Crippen molar-refractivity contribution < 1.29 is 28.6 Å². The number of non-ortho nitro benzene ring substituents is 1. The predicted octanol–water partition coefficient (Wildman–Crippen LogP) is 3.30. The number of hydrogen-bond acceptors (Lipinski definition) is 7. The number of rotatable bonds is 9. The number of benzene rings is 2. The maximum atomic E-state index is 13.3. The zero-order valence-electron chi connectivity index (χ0n) is 15.3. The monoisotopic (exact) mass is 404 g/mol. The molecule has 0 amide bonds. The standard InChI is InChI=1S/C19H17FN2O7/c1-2-29-19(24)18(22(27)28)16(12-3-7-14(20)8-4-12)11-17(23)13-5-9-15(10-6-13)21(25)26/h3-10,16,18H,2,11H2,1H3/t16-,18+/m0/s1. The molecular formula is C19H17FN2O7. The van der Waals surface area contributed by atoms with Gasteiger partial charge < -0.3 is 4.74 Å². The summed E-state index contributed by atoms with van der Waals surface area (Å²) in [6.45, 7) is 1.40. The molecule has 0 saturated carbocycles. The highest BCUT2D eigenvalue weighted by molar-refractivity contribution is 5.97. The van der Waals surface area contributed by atoms with Gasteiger partial charge >= 0.3 is 12.0 Å². The Morgan fingerprint density at radius 2 is 1.62 bits per heavy atom. The zero-order chi connectivity index (χ0) is 21.6. The Balaban J connectivity index is 2.39. The lowest BCUT2D eigenvalue weighted by molar-refractivity contribution is -0.514. The highest BCUT2D eigenvalue weighted by Crippen LogP contribution is 2.29. The van der Waals surface area contributed by atoms with Crippen LogP contribution in [0.4, 0.5) is 10.1 Å². The van der Waals surface area contributed by atoms with Gasteiger partial charge in [-0.3, -0.25) is 25.0 Å². The van der Waals surface area contributed by atoms with E-state index in [0.29, 0.717) is 0 Å². The molecule has 2 aromatic carbocycles. The van der Waals surface area contributed by atoms with Gasteiger partial charge in [-0.2, -0.15) is 0 Å². The van der Waals surface area contributed by atoms with Crippen molar-refractivity contribution in [2.45, 2.75) is 25.3 Å². The lowest BCUT2D eigenvalue weighted by atomic mass is 9.85. The number of carbonyl (C=O) groups excluding carboxylic acids is 2. The summed E-state index contributed by atoms with van der Waals surface area (Å²) in [6.07, 6.45) is -0.450. The van der Waals surface area contributed by atoms with Crippen molar-refractivity contribution in [3.8, 4) is 0 Å². The first-order chi connectivity index (χ1) is 13.7. The Kier molecular flexibility index (Phi) is 7.07. The van der Waals surface area contributed by atoms with Crippen molar-refractivity contribution in [1.29, 1.82) is 0 Å². The van der Waals surface area contributed by atoms with E-state index in [4.69, 9.17) is 4.74 Å². The third-order valence-corrected chi connectivity index (χ3v) is 4.24. The van der Waals surface area contributed by atoms with Crippen LogP contribution in [0.2, 0.25) is 0 Å². The summed E-state index contributed by atoms with van der Waals surface area (Å²) in [5, 5.41) is 22.3. The molecule has 2 atom stereocenters. The predicted molar refractivity (Wildman–Crippen MR) is 98.6 cm³/mol. The van der Waals surface area contributed by atoms with Gasteiger partial charge in [0.2, 0.25) is 0 Å². The summed E-state index contributed by atoms with van der Waals surface area (Å²) in [5.41, 5.74) is 0.0939. The lowest BCUT2D eigenvalue weighted by Crippen LogP contribution is -2.38. The van der Waals surface area contributed by atoms with Crippen LogP contribution >= 0.6 is 0 Å². The smallest absolute Gasteiger partial charge is 0.382 e. The van der Waals surface area contributed by atoms with Gasteiger partial charge in [0, 0.05) is 29.0 Å². The van der Waals surface area contributed by atoms with Crippen LogP contribution in [0.5, 0.6) is 0 Å².